The molecule has 1 aliphatic carbocycles. The molecule has 0 saturated carbocycles. The summed E-state index contributed by atoms with van der Waals surface area (Å²) in [4.78, 5) is 0. The van der Waals surface area contributed by atoms with E-state index in [4.69, 9.17) is 0 Å². The summed E-state index contributed by atoms with van der Waals surface area (Å²) in [7, 11) is 0. The van der Waals surface area contributed by atoms with Gasteiger partial charge in [-0.2, -0.15) is 0 Å². The SMILES string of the molecule is C=C1CCC(C)=C1C. The molecule has 1 rings (SSSR count). The van der Waals surface area contributed by atoms with Gasteiger partial charge < -0.3 is 0 Å². The van der Waals surface area contributed by atoms with E-state index in [0.717, 1.165) is 0 Å². The number of hydrogen-bond donors (Lipinski definition) is 0. The highest BCUT2D eigenvalue weighted by Gasteiger charge is 2.08. The van der Waals surface area contributed by atoms with Crippen molar-refractivity contribution in [1.29, 1.82) is 0 Å². The molecule has 0 amide bonds. The van der Waals surface area contributed by atoms with E-state index < -0.39 is 0 Å². The molecule has 0 bridgehead atoms. The van der Waals surface area contributed by atoms with Gasteiger partial charge in [-0.3, -0.25) is 0 Å². The molecular formula is C8H12. The summed E-state index contributed by atoms with van der Waals surface area (Å²) < 4.78 is 0. The first-order chi connectivity index (χ1) is 3.72. The van der Waals surface area contributed by atoms with Gasteiger partial charge in [-0.25, -0.2) is 0 Å². The molecule has 0 heterocycles. The molecule has 0 radical (unpaired) electrons. The monoisotopic (exact) mass is 108 g/mol. The molecule has 0 aliphatic heterocycles. The molecule has 0 N–H and O–H groups in total. The van der Waals surface area contributed by atoms with E-state index in [-0.39, 0.29) is 0 Å². The molecular weight excluding hydrogens is 96.1 g/mol. The van der Waals surface area contributed by atoms with E-state index in [0.29, 0.717) is 0 Å². The van der Waals surface area contributed by atoms with Gasteiger partial charge in [0.2, 0.25) is 0 Å². The molecule has 0 heteroatoms. The second kappa shape index (κ2) is 1.77. The fourth-order valence-corrected chi connectivity index (χ4v) is 1.02. The van der Waals surface area contributed by atoms with Gasteiger partial charge in [-0.15, -0.1) is 0 Å². The number of hydrogen-bond acceptors (Lipinski definition) is 0. The molecule has 0 atom stereocenters. The maximum absolute atomic E-state index is 3.93. The molecule has 44 valence electrons. The first kappa shape index (κ1) is 5.61. The van der Waals surface area contributed by atoms with Gasteiger partial charge in [-0.1, -0.05) is 17.7 Å². The fourth-order valence-electron chi connectivity index (χ4n) is 1.02. The Morgan fingerprint density at radius 2 is 1.88 bits per heavy atom. The van der Waals surface area contributed by atoms with Gasteiger partial charge in [-0.05, 0) is 32.3 Å². The molecule has 0 aromatic rings. The molecule has 0 aromatic carbocycles. The Morgan fingerprint density at radius 1 is 1.25 bits per heavy atom. The Bertz CT molecular complexity index is 149. The Kier molecular flexibility index (Phi) is 1.24. The minimum Gasteiger partial charge on any atom is -0.0956 e. The molecule has 0 saturated heterocycles. The van der Waals surface area contributed by atoms with Crippen LogP contribution in [0.3, 0.4) is 0 Å². The Morgan fingerprint density at radius 3 is 2.00 bits per heavy atom. The molecule has 0 nitrogen and oxygen atoms in total. The minimum atomic E-state index is 1.19. The summed E-state index contributed by atoms with van der Waals surface area (Å²) >= 11 is 0. The minimum absolute atomic E-state index is 1.19. The lowest BCUT2D eigenvalue weighted by molar-refractivity contribution is 1.01. The molecule has 1 aliphatic rings. The van der Waals surface area contributed by atoms with E-state index in [9.17, 15) is 0 Å². The van der Waals surface area contributed by atoms with Crippen LogP contribution in [0.4, 0.5) is 0 Å². The predicted molar refractivity (Wildman–Crippen MR) is 36.7 cm³/mol. The van der Waals surface area contributed by atoms with Crippen LogP contribution >= 0.6 is 0 Å². The predicted octanol–water partition coefficient (Wildman–Crippen LogP) is 2.67. The van der Waals surface area contributed by atoms with Gasteiger partial charge in [0.15, 0.2) is 0 Å². The summed E-state index contributed by atoms with van der Waals surface area (Å²) in [6.07, 6.45) is 2.43. The average Bonchev–Trinajstić information content (AvgIpc) is 1.98. The van der Waals surface area contributed by atoms with Gasteiger partial charge in [0.05, 0.1) is 0 Å². The van der Waals surface area contributed by atoms with E-state index in [1.807, 2.05) is 0 Å². The molecule has 0 aromatic heterocycles. The van der Waals surface area contributed by atoms with Crippen molar-refractivity contribution < 1.29 is 0 Å². The lowest BCUT2D eigenvalue weighted by Crippen LogP contribution is -1.71. The van der Waals surface area contributed by atoms with Crippen molar-refractivity contribution in [2.24, 2.45) is 0 Å². The zero-order chi connectivity index (χ0) is 6.15. The van der Waals surface area contributed by atoms with Crippen LogP contribution in [0, 0.1) is 0 Å². The standard InChI is InChI=1S/C8H12/c1-6-4-5-7(2)8(6)3/h1,4-5H2,2-3H3. The maximum Gasteiger partial charge on any atom is -0.0245 e. The summed E-state index contributed by atoms with van der Waals surface area (Å²) in [6.45, 7) is 8.27. The van der Waals surface area contributed by atoms with Gasteiger partial charge in [0, 0.05) is 0 Å². The van der Waals surface area contributed by atoms with Crippen LogP contribution in [0.2, 0.25) is 0 Å². The second-order valence-corrected chi connectivity index (χ2v) is 2.51. The van der Waals surface area contributed by atoms with Crippen LogP contribution in [0.15, 0.2) is 23.3 Å². The summed E-state index contributed by atoms with van der Waals surface area (Å²) in [5, 5.41) is 0. The average molecular weight is 108 g/mol. The molecule has 0 fully saturated rings. The van der Waals surface area contributed by atoms with Gasteiger partial charge in [0.25, 0.3) is 0 Å². The Balaban J connectivity index is 2.86. The summed E-state index contributed by atoms with van der Waals surface area (Å²) in [6, 6.07) is 0. The quantitative estimate of drug-likeness (QED) is 0.447. The fraction of sp³-hybridized carbons (Fsp3) is 0.500. The normalized spacial score (nSPS) is 20.5. The van der Waals surface area contributed by atoms with Crippen LogP contribution in [-0.2, 0) is 0 Å². The van der Waals surface area contributed by atoms with Gasteiger partial charge >= 0.3 is 0 Å². The van der Waals surface area contributed by atoms with Crippen molar-refractivity contribution in [2.75, 3.05) is 0 Å². The highest BCUT2D eigenvalue weighted by molar-refractivity contribution is 5.36. The van der Waals surface area contributed by atoms with Crippen LogP contribution in [-0.4, -0.2) is 0 Å². The second-order valence-electron chi connectivity index (χ2n) is 2.51. The van der Waals surface area contributed by atoms with Crippen LogP contribution < -0.4 is 0 Å². The zero-order valence-electron chi connectivity index (χ0n) is 5.62. The maximum atomic E-state index is 3.93. The van der Waals surface area contributed by atoms with Crippen molar-refractivity contribution in [3.8, 4) is 0 Å². The highest BCUT2D eigenvalue weighted by Crippen LogP contribution is 2.28. The zero-order valence-corrected chi connectivity index (χ0v) is 5.62. The molecule has 8 heavy (non-hydrogen) atoms. The van der Waals surface area contributed by atoms with Crippen molar-refractivity contribution in [2.45, 2.75) is 26.7 Å². The molecule has 0 spiro atoms. The van der Waals surface area contributed by atoms with Gasteiger partial charge in [0.1, 0.15) is 0 Å². The summed E-state index contributed by atoms with van der Waals surface area (Å²) in [5.74, 6) is 0. The topological polar surface area (TPSA) is 0 Å². The smallest absolute Gasteiger partial charge is 0.0245 e. The third-order valence-electron chi connectivity index (χ3n) is 1.97. The third-order valence-corrected chi connectivity index (χ3v) is 1.97. The Hall–Kier alpha value is -0.520. The van der Waals surface area contributed by atoms with Crippen LogP contribution in [0.5, 0.6) is 0 Å². The first-order valence-electron chi connectivity index (χ1n) is 3.06. The largest absolute Gasteiger partial charge is 0.0956 e. The van der Waals surface area contributed by atoms with E-state index >= 15 is 0 Å². The van der Waals surface area contributed by atoms with Crippen LogP contribution in [0.1, 0.15) is 26.7 Å². The lowest BCUT2D eigenvalue weighted by Gasteiger charge is -1.91. The summed E-state index contributed by atoms with van der Waals surface area (Å²) in [5.41, 5.74) is 4.29. The number of allylic oxidation sites excluding steroid dienone is 3. The van der Waals surface area contributed by atoms with E-state index in [1.54, 1.807) is 0 Å². The van der Waals surface area contributed by atoms with Crippen molar-refractivity contribution in [3.05, 3.63) is 23.3 Å². The highest BCUT2D eigenvalue weighted by atomic mass is 14.1. The Labute approximate surface area is 50.9 Å². The first-order valence-corrected chi connectivity index (χ1v) is 3.06. The van der Waals surface area contributed by atoms with Crippen LogP contribution in [0.25, 0.3) is 0 Å². The lowest BCUT2D eigenvalue weighted by atomic mass is 10.1. The van der Waals surface area contributed by atoms with E-state index in [2.05, 4.69) is 20.4 Å². The number of rotatable bonds is 0. The van der Waals surface area contributed by atoms with E-state index in [1.165, 1.54) is 29.6 Å². The van der Waals surface area contributed by atoms with Crippen molar-refractivity contribution in [3.63, 3.8) is 0 Å². The third kappa shape index (κ3) is 0.706. The van der Waals surface area contributed by atoms with Crippen molar-refractivity contribution >= 4 is 0 Å². The van der Waals surface area contributed by atoms with Crippen molar-refractivity contribution in [1.82, 2.24) is 0 Å². The molecule has 0 unspecified atom stereocenters.